The minimum absolute atomic E-state index is 0.0380. The van der Waals surface area contributed by atoms with Crippen LogP contribution >= 0.6 is 23.2 Å². The fourth-order valence-electron chi connectivity index (χ4n) is 7.92. The maximum atomic E-state index is 6.85. The van der Waals surface area contributed by atoms with Crippen molar-refractivity contribution in [2.45, 2.75) is 41.5 Å². The van der Waals surface area contributed by atoms with Crippen LogP contribution in [0.5, 0.6) is 0 Å². The van der Waals surface area contributed by atoms with E-state index in [-0.39, 0.29) is 13.4 Å². The number of benzene rings is 6. The van der Waals surface area contributed by atoms with E-state index in [1.54, 1.807) is 0 Å². The van der Waals surface area contributed by atoms with Crippen molar-refractivity contribution in [2.75, 3.05) is 0 Å². The average Bonchev–Trinajstić information content (AvgIpc) is 2.93. The molecular weight excluding hydrogens is 549 g/mol. The normalized spacial score (nSPS) is 12.7. The quantitative estimate of drug-likeness (QED) is 0.162. The van der Waals surface area contributed by atoms with Gasteiger partial charge in [-0.15, -0.1) is 0 Å². The Labute approximate surface area is 259 Å². The van der Waals surface area contributed by atoms with Gasteiger partial charge in [0.15, 0.2) is 0 Å². The Bertz CT molecular complexity index is 2050. The molecule has 0 fully saturated rings. The van der Waals surface area contributed by atoms with Gasteiger partial charge in [0.05, 0.1) is 10.0 Å². The van der Waals surface area contributed by atoms with Crippen molar-refractivity contribution in [1.82, 2.24) is 0 Å². The molecule has 4 heteroatoms. The first-order valence-electron chi connectivity index (χ1n) is 14.7. The molecular formula is C38H32B2Cl2. The highest BCUT2D eigenvalue weighted by Crippen LogP contribution is 2.26. The topological polar surface area (TPSA) is 0 Å². The predicted octanol–water partition coefficient (Wildman–Crippen LogP) is 6.50. The van der Waals surface area contributed by atoms with Gasteiger partial charge in [-0.3, -0.25) is 0 Å². The Morgan fingerprint density at radius 2 is 0.857 bits per heavy atom. The molecule has 6 aromatic carbocycles. The SMILES string of the molecule is Cc1cc(C)c(B2c3cc(Cl)c(Cl)cc3B(c3c(C)cc(C)cc3C)c3cc4c(ccc5ccccc54)cc32)c(C)c1. The van der Waals surface area contributed by atoms with Crippen molar-refractivity contribution in [2.24, 2.45) is 0 Å². The maximum Gasteiger partial charge on any atom is 0.240 e. The van der Waals surface area contributed by atoms with E-state index in [1.807, 2.05) is 0 Å². The lowest BCUT2D eigenvalue weighted by molar-refractivity contribution is 1.35. The van der Waals surface area contributed by atoms with E-state index in [4.69, 9.17) is 23.2 Å². The first-order chi connectivity index (χ1) is 20.1. The largest absolute Gasteiger partial charge is 0.240 e. The second-order valence-corrected chi connectivity index (χ2v) is 13.2. The van der Waals surface area contributed by atoms with E-state index >= 15 is 0 Å². The van der Waals surface area contributed by atoms with E-state index in [0.29, 0.717) is 10.0 Å². The molecule has 0 radical (unpaired) electrons. The zero-order valence-electron chi connectivity index (χ0n) is 25.0. The van der Waals surface area contributed by atoms with Gasteiger partial charge >= 0.3 is 0 Å². The summed E-state index contributed by atoms with van der Waals surface area (Å²) in [4.78, 5) is 0. The molecule has 0 N–H and O–H groups in total. The molecule has 0 unspecified atom stereocenters. The molecule has 1 aliphatic heterocycles. The molecule has 0 spiro atoms. The first-order valence-corrected chi connectivity index (χ1v) is 15.5. The molecule has 0 aliphatic carbocycles. The van der Waals surface area contributed by atoms with Gasteiger partial charge in [-0.05, 0) is 75.2 Å². The number of hydrogen-bond donors (Lipinski definition) is 0. The van der Waals surface area contributed by atoms with Crippen LogP contribution in [-0.4, -0.2) is 13.4 Å². The minimum Gasteiger partial charge on any atom is -0.0827 e. The molecule has 0 saturated carbocycles. The van der Waals surface area contributed by atoms with Crippen LogP contribution in [-0.2, 0) is 0 Å². The number of hydrogen-bond acceptors (Lipinski definition) is 0. The Morgan fingerprint density at radius 1 is 0.429 bits per heavy atom. The summed E-state index contributed by atoms with van der Waals surface area (Å²) in [5.41, 5.74) is 15.7. The Morgan fingerprint density at radius 3 is 1.38 bits per heavy atom. The molecule has 0 saturated heterocycles. The summed E-state index contributed by atoms with van der Waals surface area (Å²) in [6.45, 7) is 13.5. The summed E-state index contributed by atoms with van der Waals surface area (Å²) in [5.74, 6) is 0. The highest BCUT2D eigenvalue weighted by atomic mass is 35.5. The van der Waals surface area contributed by atoms with Crippen molar-refractivity contribution in [3.63, 3.8) is 0 Å². The van der Waals surface area contributed by atoms with E-state index in [1.165, 1.54) is 87.7 Å². The van der Waals surface area contributed by atoms with Gasteiger partial charge in [0.2, 0.25) is 13.4 Å². The lowest BCUT2D eigenvalue weighted by Gasteiger charge is -2.35. The standard InChI is InChI=1S/C38H32B2Cl2/c1-21-13-23(3)37(24(4)14-21)39-31-17-28-12-11-27-9-7-8-10-29(27)30(28)18-32(31)40(34-20-36(42)35(41)19-33(34)39)38-25(5)15-22(2)16-26(38)6/h7-20H,1-6H3. The van der Waals surface area contributed by atoms with Gasteiger partial charge in [0, 0.05) is 0 Å². The molecule has 42 heavy (non-hydrogen) atoms. The van der Waals surface area contributed by atoms with Gasteiger partial charge < -0.3 is 0 Å². The van der Waals surface area contributed by atoms with Gasteiger partial charge in [0.25, 0.3) is 0 Å². The second-order valence-electron chi connectivity index (χ2n) is 12.4. The smallest absolute Gasteiger partial charge is 0.0827 e. The summed E-state index contributed by atoms with van der Waals surface area (Å²) in [7, 11) is 0. The third-order valence-electron chi connectivity index (χ3n) is 9.37. The van der Waals surface area contributed by atoms with Crippen LogP contribution in [0.2, 0.25) is 10.0 Å². The Hall–Kier alpha value is -3.45. The molecule has 1 heterocycles. The predicted molar refractivity (Wildman–Crippen MR) is 189 cm³/mol. The average molecular weight is 581 g/mol. The molecule has 0 nitrogen and oxygen atoms in total. The van der Waals surface area contributed by atoms with E-state index in [9.17, 15) is 0 Å². The molecule has 1 aliphatic rings. The molecule has 0 atom stereocenters. The van der Waals surface area contributed by atoms with Crippen LogP contribution in [0.1, 0.15) is 33.4 Å². The van der Waals surface area contributed by atoms with Gasteiger partial charge in [0.1, 0.15) is 0 Å². The van der Waals surface area contributed by atoms with Crippen LogP contribution in [0.15, 0.2) is 84.9 Å². The summed E-state index contributed by atoms with van der Waals surface area (Å²) in [6, 6.07) is 31.7. The number of aryl methyl sites for hydroxylation is 6. The minimum atomic E-state index is 0.0380. The lowest BCUT2D eigenvalue weighted by Crippen LogP contribution is -2.76. The third kappa shape index (κ3) is 4.23. The number of rotatable bonds is 2. The molecule has 7 rings (SSSR count). The first kappa shape index (κ1) is 27.4. The van der Waals surface area contributed by atoms with Gasteiger partial charge in [-0.2, -0.15) is 0 Å². The van der Waals surface area contributed by atoms with Crippen LogP contribution in [0.4, 0.5) is 0 Å². The fraction of sp³-hybridized carbons (Fsp3) is 0.158. The fourth-order valence-corrected chi connectivity index (χ4v) is 8.26. The lowest BCUT2D eigenvalue weighted by atomic mass is 9.20. The van der Waals surface area contributed by atoms with Crippen molar-refractivity contribution in [3.8, 4) is 0 Å². The molecule has 0 bridgehead atoms. The highest BCUT2D eigenvalue weighted by molar-refractivity contribution is 7.11. The van der Waals surface area contributed by atoms with Crippen LogP contribution in [0.25, 0.3) is 21.5 Å². The van der Waals surface area contributed by atoms with Gasteiger partial charge in [-0.25, -0.2) is 0 Å². The van der Waals surface area contributed by atoms with Crippen LogP contribution in [0.3, 0.4) is 0 Å². The Kier molecular flexibility index (Phi) is 6.57. The molecule has 204 valence electrons. The zero-order chi connectivity index (χ0) is 29.4. The van der Waals surface area contributed by atoms with Crippen molar-refractivity contribution >= 4 is 90.9 Å². The second kappa shape index (κ2) is 10.1. The maximum absolute atomic E-state index is 6.85. The van der Waals surface area contributed by atoms with Crippen LogP contribution < -0.4 is 32.8 Å². The van der Waals surface area contributed by atoms with E-state index in [2.05, 4.69) is 126 Å². The number of halogens is 2. The summed E-state index contributed by atoms with van der Waals surface area (Å²) in [5, 5.41) is 6.31. The van der Waals surface area contributed by atoms with E-state index in [0.717, 1.165) is 0 Å². The summed E-state index contributed by atoms with van der Waals surface area (Å²) < 4.78 is 0. The Balaban J connectivity index is 1.67. The zero-order valence-corrected chi connectivity index (χ0v) is 26.5. The van der Waals surface area contributed by atoms with Crippen molar-refractivity contribution < 1.29 is 0 Å². The molecule has 0 aromatic heterocycles. The van der Waals surface area contributed by atoms with Crippen molar-refractivity contribution in [1.29, 1.82) is 0 Å². The molecule has 0 amide bonds. The highest BCUT2D eigenvalue weighted by Gasteiger charge is 2.41. The monoisotopic (exact) mass is 580 g/mol. The molecule has 6 aromatic rings. The van der Waals surface area contributed by atoms with Crippen molar-refractivity contribution in [3.05, 3.63) is 128 Å². The van der Waals surface area contributed by atoms with Gasteiger partial charge in [-0.1, -0.05) is 162 Å². The number of fused-ring (bicyclic) bond motifs is 5. The van der Waals surface area contributed by atoms with Crippen LogP contribution in [0, 0.1) is 41.5 Å². The third-order valence-corrected chi connectivity index (χ3v) is 10.1. The summed E-state index contributed by atoms with van der Waals surface area (Å²) >= 11 is 13.7. The summed E-state index contributed by atoms with van der Waals surface area (Å²) in [6.07, 6.45) is 0. The van der Waals surface area contributed by atoms with E-state index < -0.39 is 0 Å².